The maximum atomic E-state index is 14.6. The van der Waals surface area contributed by atoms with E-state index in [-0.39, 0.29) is 12.0 Å². The number of rotatable bonds is 13. The summed E-state index contributed by atoms with van der Waals surface area (Å²) in [6, 6.07) is 28.0. The van der Waals surface area contributed by atoms with E-state index in [1.165, 1.54) is 12.7 Å². The van der Waals surface area contributed by atoms with E-state index >= 15 is 0 Å². The van der Waals surface area contributed by atoms with Crippen molar-refractivity contribution >= 4 is 23.9 Å². The van der Waals surface area contributed by atoms with Gasteiger partial charge in [0.1, 0.15) is 0 Å². The Kier molecular flexibility index (Phi) is 10.1. The second-order valence-electron chi connectivity index (χ2n) is 8.63. The first-order chi connectivity index (χ1) is 16.6. The van der Waals surface area contributed by atoms with E-state index in [0.29, 0.717) is 6.42 Å². The first kappa shape index (κ1) is 25.9. The summed E-state index contributed by atoms with van der Waals surface area (Å²) in [6.07, 6.45) is 6.29. The number of esters is 1. The van der Waals surface area contributed by atoms with Gasteiger partial charge in [0.2, 0.25) is 7.29 Å². The van der Waals surface area contributed by atoms with Crippen LogP contribution in [0.2, 0.25) is 0 Å². The van der Waals surface area contributed by atoms with Crippen molar-refractivity contribution in [3.63, 3.8) is 0 Å². The number of carbonyl (C=O) groups excluding carboxylic acids is 1. The number of benzene rings is 3. The van der Waals surface area contributed by atoms with Crippen molar-refractivity contribution in [2.75, 3.05) is 7.11 Å². The number of nitrogens with one attached hydrogen (secondary N) is 1. The van der Waals surface area contributed by atoms with E-state index in [1.54, 1.807) is 0 Å². The monoisotopic (exact) mass is 477 g/mol. The van der Waals surface area contributed by atoms with Gasteiger partial charge in [-0.1, -0.05) is 86.8 Å². The lowest BCUT2D eigenvalue weighted by molar-refractivity contribution is -0.140. The maximum Gasteiger partial charge on any atom is 0.305 e. The lowest BCUT2D eigenvalue weighted by Gasteiger charge is -2.27. The number of aryl methyl sites for hydroxylation is 1. The van der Waals surface area contributed by atoms with E-state index in [0.717, 1.165) is 54.7 Å². The van der Waals surface area contributed by atoms with Crippen molar-refractivity contribution in [3.8, 4) is 0 Å². The summed E-state index contributed by atoms with van der Waals surface area (Å²) in [5, 5.41) is 5.26. The molecule has 0 spiro atoms. The Morgan fingerprint density at radius 2 is 1.44 bits per heavy atom. The molecule has 0 amide bonds. The molecule has 0 aliphatic carbocycles. The third-order valence-corrected chi connectivity index (χ3v) is 8.86. The van der Waals surface area contributed by atoms with Gasteiger partial charge >= 0.3 is 5.97 Å². The third kappa shape index (κ3) is 7.16. The summed E-state index contributed by atoms with van der Waals surface area (Å²) in [5.74, 6) is -0.172. The summed E-state index contributed by atoms with van der Waals surface area (Å²) < 4.78 is 19.3. The quantitative estimate of drug-likeness (QED) is 0.178. The number of ether oxygens (including phenoxy) is 1. The summed E-state index contributed by atoms with van der Waals surface area (Å²) in [5.41, 5.74) is 2.33. The van der Waals surface area contributed by atoms with Gasteiger partial charge in [-0.15, -0.1) is 0 Å². The van der Waals surface area contributed by atoms with Gasteiger partial charge in [0.15, 0.2) is 0 Å². The van der Waals surface area contributed by atoms with Crippen molar-refractivity contribution in [1.29, 1.82) is 0 Å². The Hall–Kier alpha value is -2.68. The lowest BCUT2D eigenvalue weighted by Crippen LogP contribution is -2.30. The van der Waals surface area contributed by atoms with Crippen LogP contribution >= 0.6 is 7.29 Å². The Bertz CT molecular complexity index is 1010. The minimum atomic E-state index is -3.04. The zero-order chi connectivity index (χ0) is 24.2. The van der Waals surface area contributed by atoms with Crippen LogP contribution in [-0.2, 0) is 20.5 Å². The van der Waals surface area contributed by atoms with E-state index in [9.17, 15) is 9.36 Å². The molecule has 3 aromatic rings. The number of hydrogen-bond donors (Lipinski definition) is 1. The van der Waals surface area contributed by atoms with Crippen LogP contribution < -0.4 is 15.7 Å². The zero-order valence-corrected chi connectivity index (χ0v) is 21.2. The fourth-order valence-electron chi connectivity index (χ4n) is 4.15. The number of methoxy groups -OCH3 is 1. The number of hydrogen-bond acceptors (Lipinski definition) is 3. The Morgan fingerprint density at radius 3 is 1.97 bits per heavy atom. The molecule has 0 aliphatic rings. The van der Waals surface area contributed by atoms with Crippen LogP contribution in [0.1, 0.15) is 62.6 Å². The molecule has 0 heterocycles. The molecule has 180 valence electrons. The molecule has 34 heavy (non-hydrogen) atoms. The van der Waals surface area contributed by atoms with Gasteiger partial charge in [-0.2, -0.15) is 0 Å². The molecule has 0 aliphatic heterocycles. The van der Waals surface area contributed by atoms with Gasteiger partial charge in [0.25, 0.3) is 0 Å². The SMILES string of the molecule is CCCCCC(NP(=O)(c1ccccc1)c1ccccc1)c1ccc(CCCC(=O)OC)cc1. The minimum Gasteiger partial charge on any atom is -0.469 e. The van der Waals surface area contributed by atoms with Gasteiger partial charge < -0.3 is 4.74 Å². The standard InChI is InChI=1S/C29H36NO3P/c1-3-4-7-18-28(25-22-20-24(21-23-25)13-12-19-29(31)33-2)30-34(32,26-14-8-5-9-15-26)27-16-10-6-11-17-27/h5-6,8-11,14-17,20-23,28H,3-4,7,12-13,18-19H2,1-2H3,(H,30,32). The van der Waals surface area contributed by atoms with Crippen molar-refractivity contribution in [2.24, 2.45) is 0 Å². The van der Waals surface area contributed by atoms with Gasteiger partial charge in [-0.05, 0) is 54.7 Å². The van der Waals surface area contributed by atoms with Crippen LogP contribution in [0.25, 0.3) is 0 Å². The molecule has 0 aromatic heterocycles. The molecule has 1 unspecified atom stereocenters. The zero-order valence-electron chi connectivity index (χ0n) is 20.3. The molecule has 0 saturated carbocycles. The summed E-state index contributed by atoms with van der Waals surface area (Å²) >= 11 is 0. The average Bonchev–Trinajstić information content (AvgIpc) is 2.89. The van der Waals surface area contributed by atoms with E-state index < -0.39 is 7.29 Å². The lowest BCUT2D eigenvalue weighted by atomic mass is 9.99. The highest BCUT2D eigenvalue weighted by atomic mass is 31.2. The van der Waals surface area contributed by atoms with E-state index in [4.69, 9.17) is 4.74 Å². The van der Waals surface area contributed by atoms with Crippen LogP contribution in [0.3, 0.4) is 0 Å². The van der Waals surface area contributed by atoms with Crippen LogP contribution in [0.4, 0.5) is 0 Å². The molecule has 4 nitrogen and oxygen atoms in total. The van der Waals surface area contributed by atoms with E-state index in [2.05, 4.69) is 36.3 Å². The first-order valence-corrected chi connectivity index (χ1v) is 13.9. The highest BCUT2D eigenvalue weighted by molar-refractivity contribution is 7.76. The van der Waals surface area contributed by atoms with Crippen molar-refractivity contribution in [2.45, 2.75) is 57.9 Å². The highest BCUT2D eigenvalue weighted by Crippen LogP contribution is 2.42. The van der Waals surface area contributed by atoms with Gasteiger partial charge in [-0.25, -0.2) is 0 Å². The van der Waals surface area contributed by atoms with Crippen molar-refractivity contribution in [1.82, 2.24) is 5.09 Å². The summed E-state index contributed by atoms with van der Waals surface area (Å²) in [7, 11) is -1.62. The Labute approximate surface area is 204 Å². The predicted molar refractivity (Wildman–Crippen MR) is 141 cm³/mol. The smallest absolute Gasteiger partial charge is 0.305 e. The summed E-state index contributed by atoms with van der Waals surface area (Å²) in [6.45, 7) is 2.20. The minimum absolute atomic E-state index is 0.0260. The van der Waals surface area contributed by atoms with Gasteiger partial charge in [0, 0.05) is 23.1 Å². The largest absolute Gasteiger partial charge is 0.469 e. The molecule has 0 radical (unpaired) electrons. The van der Waals surface area contributed by atoms with Gasteiger partial charge in [-0.3, -0.25) is 14.4 Å². The van der Waals surface area contributed by atoms with Crippen molar-refractivity contribution < 1.29 is 14.1 Å². The normalized spacial score (nSPS) is 12.3. The molecular weight excluding hydrogens is 441 g/mol. The van der Waals surface area contributed by atoms with Crippen LogP contribution in [-0.4, -0.2) is 13.1 Å². The number of unbranched alkanes of at least 4 members (excludes halogenated alkanes) is 2. The molecule has 1 N–H and O–H groups in total. The topological polar surface area (TPSA) is 55.4 Å². The van der Waals surface area contributed by atoms with E-state index in [1.807, 2.05) is 60.7 Å². The third-order valence-electron chi connectivity index (χ3n) is 6.13. The molecule has 1 atom stereocenters. The molecule has 0 fully saturated rings. The highest BCUT2D eigenvalue weighted by Gasteiger charge is 2.30. The van der Waals surface area contributed by atoms with Gasteiger partial charge in [0.05, 0.1) is 7.11 Å². The second kappa shape index (κ2) is 13.3. The first-order valence-electron chi connectivity index (χ1n) is 12.2. The maximum absolute atomic E-state index is 14.6. The Morgan fingerprint density at radius 1 is 0.853 bits per heavy atom. The van der Waals surface area contributed by atoms with Crippen LogP contribution in [0.15, 0.2) is 84.9 Å². The van der Waals surface area contributed by atoms with Crippen LogP contribution in [0, 0.1) is 0 Å². The molecule has 0 saturated heterocycles. The van der Waals surface area contributed by atoms with Crippen LogP contribution in [0.5, 0.6) is 0 Å². The predicted octanol–water partition coefficient (Wildman–Crippen LogP) is 6.32. The molecule has 5 heteroatoms. The summed E-state index contributed by atoms with van der Waals surface area (Å²) in [4.78, 5) is 11.4. The molecule has 3 aromatic carbocycles. The fourth-order valence-corrected chi connectivity index (χ4v) is 6.65. The number of carbonyl (C=O) groups is 1. The molecular formula is C29H36NO3P. The average molecular weight is 478 g/mol. The Balaban J connectivity index is 1.85. The molecule has 0 bridgehead atoms. The fraction of sp³-hybridized carbons (Fsp3) is 0.345. The second-order valence-corrected chi connectivity index (χ2v) is 11.1. The van der Waals surface area contributed by atoms with Crippen molar-refractivity contribution in [3.05, 3.63) is 96.1 Å². The molecule has 3 rings (SSSR count).